The number of aromatic nitrogens is 2. The van der Waals surface area contributed by atoms with Crippen LogP contribution < -0.4 is 5.43 Å². The van der Waals surface area contributed by atoms with Crippen molar-refractivity contribution in [3.05, 3.63) is 73.1 Å². The quantitative estimate of drug-likeness (QED) is 0.248. The van der Waals surface area contributed by atoms with E-state index in [0.29, 0.717) is 16.9 Å². The van der Waals surface area contributed by atoms with Crippen molar-refractivity contribution in [2.45, 2.75) is 0 Å². The van der Waals surface area contributed by atoms with Crippen LogP contribution in [0, 0.1) is 11.3 Å². The van der Waals surface area contributed by atoms with Crippen LogP contribution in [0.5, 0.6) is 0 Å². The lowest BCUT2D eigenvalue weighted by atomic mass is 10.2. The number of nitriles is 1. The number of benzene rings is 2. The predicted molar refractivity (Wildman–Crippen MR) is 105 cm³/mol. The molecule has 0 fully saturated rings. The Bertz CT molecular complexity index is 1210. The van der Waals surface area contributed by atoms with Crippen molar-refractivity contribution in [2.75, 3.05) is 5.43 Å². The van der Waals surface area contributed by atoms with E-state index in [1.54, 1.807) is 18.5 Å². The number of pyridine rings is 2. The van der Waals surface area contributed by atoms with Crippen LogP contribution in [0.2, 0.25) is 0 Å². The minimum atomic E-state index is -0.101. The number of rotatable bonds is 3. The largest absolute Gasteiger partial charge is 0.273 e. The minimum absolute atomic E-state index is 0.101. The first kappa shape index (κ1) is 16.3. The van der Waals surface area contributed by atoms with Gasteiger partial charge in [0, 0.05) is 23.2 Å². The molecule has 0 saturated carbocycles. The first-order chi connectivity index (χ1) is 13.3. The lowest BCUT2D eigenvalue weighted by Gasteiger charge is -2.04. The van der Waals surface area contributed by atoms with Gasteiger partial charge >= 0.3 is 0 Å². The topological polar surface area (TPSA) is 98.7 Å². The molecule has 4 aromatic rings. The fourth-order valence-electron chi connectivity index (χ4n) is 2.65. The standard InChI is InChI=1S/C20H13N7/c21-13-18(26-24-16-9-1-5-14-7-3-11-22-19(14)16)27-25-17-10-2-6-15-8-4-12-23-20(15)17/h1-12,24H/b26-18+,27-25?. The summed E-state index contributed by atoms with van der Waals surface area (Å²) in [6, 6.07) is 20.8. The average molecular weight is 351 g/mol. The number of amidine groups is 1. The lowest BCUT2D eigenvalue weighted by molar-refractivity contribution is 1.23. The highest BCUT2D eigenvalue weighted by Gasteiger charge is 2.03. The summed E-state index contributed by atoms with van der Waals surface area (Å²) in [5.74, 6) is -0.101. The molecule has 128 valence electrons. The van der Waals surface area contributed by atoms with Crippen molar-refractivity contribution >= 4 is 39.0 Å². The molecule has 0 atom stereocenters. The Kier molecular flexibility index (Phi) is 4.45. The number of para-hydroxylation sites is 2. The molecule has 2 aromatic carbocycles. The van der Waals surface area contributed by atoms with E-state index in [-0.39, 0.29) is 5.84 Å². The van der Waals surface area contributed by atoms with Crippen LogP contribution >= 0.6 is 0 Å². The molecular weight excluding hydrogens is 338 g/mol. The summed E-state index contributed by atoms with van der Waals surface area (Å²) in [5, 5.41) is 23.3. The van der Waals surface area contributed by atoms with Crippen molar-refractivity contribution in [2.24, 2.45) is 15.3 Å². The minimum Gasteiger partial charge on any atom is -0.273 e. The fourth-order valence-corrected chi connectivity index (χ4v) is 2.65. The molecule has 0 amide bonds. The summed E-state index contributed by atoms with van der Waals surface area (Å²) in [7, 11) is 0. The zero-order valence-corrected chi connectivity index (χ0v) is 14.1. The molecule has 0 radical (unpaired) electrons. The van der Waals surface area contributed by atoms with Gasteiger partial charge in [0.05, 0.1) is 16.7 Å². The molecule has 1 N–H and O–H groups in total. The van der Waals surface area contributed by atoms with Crippen LogP contribution in [-0.2, 0) is 0 Å². The van der Waals surface area contributed by atoms with Crippen LogP contribution in [0.1, 0.15) is 0 Å². The second-order valence-electron chi connectivity index (χ2n) is 5.59. The number of anilines is 1. The Hall–Kier alpha value is -4.18. The number of nitrogens with one attached hydrogen (secondary N) is 1. The first-order valence-electron chi connectivity index (χ1n) is 8.18. The highest BCUT2D eigenvalue weighted by molar-refractivity contribution is 5.98. The van der Waals surface area contributed by atoms with E-state index >= 15 is 0 Å². The molecule has 0 aliphatic heterocycles. The van der Waals surface area contributed by atoms with E-state index in [4.69, 9.17) is 0 Å². The van der Waals surface area contributed by atoms with Gasteiger partial charge in [-0.2, -0.15) is 5.26 Å². The predicted octanol–water partition coefficient (Wildman–Crippen LogP) is 4.82. The lowest BCUT2D eigenvalue weighted by Crippen LogP contribution is -1.97. The Labute approximate surface area is 154 Å². The molecular formula is C20H13N7. The van der Waals surface area contributed by atoms with Crippen molar-refractivity contribution in [3.8, 4) is 6.07 Å². The summed E-state index contributed by atoms with van der Waals surface area (Å²) >= 11 is 0. The van der Waals surface area contributed by atoms with Crippen molar-refractivity contribution in [3.63, 3.8) is 0 Å². The Balaban J connectivity index is 1.62. The summed E-state index contributed by atoms with van der Waals surface area (Å²) in [4.78, 5) is 8.65. The second kappa shape index (κ2) is 7.37. The van der Waals surface area contributed by atoms with Gasteiger partial charge in [-0.1, -0.05) is 36.4 Å². The number of hydrazone groups is 1. The van der Waals surface area contributed by atoms with E-state index in [2.05, 4.69) is 30.7 Å². The third kappa shape index (κ3) is 3.45. The highest BCUT2D eigenvalue weighted by atomic mass is 15.3. The van der Waals surface area contributed by atoms with E-state index < -0.39 is 0 Å². The third-order valence-electron chi connectivity index (χ3n) is 3.88. The molecule has 0 aliphatic carbocycles. The normalized spacial score (nSPS) is 11.7. The zero-order valence-electron chi connectivity index (χ0n) is 14.1. The van der Waals surface area contributed by atoms with Gasteiger partial charge in [0.25, 0.3) is 5.84 Å². The van der Waals surface area contributed by atoms with Gasteiger partial charge in [0.2, 0.25) is 0 Å². The van der Waals surface area contributed by atoms with Crippen molar-refractivity contribution in [1.82, 2.24) is 9.97 Å². The van der Waals surface area contributed by atoms with Gasteiger partial charge in [-0.15, -0.1) is 15.3 Å². The fraction of sp³-hybridized carbons (Fsp3) is 0. The van der Waals surface area contributed by atoms with E-state index in [1.807, 2.05) is 60.7 Å². The van der Waals surface area contributed by atoms with Gasteiger partial charge in [0.1, 0.15) is 11.8 Å². The van der Waals surface area contributed by atoms with E-state index in [0.717, 1.165) is 16.3 Å². The maximum atomic E-state index is 9.30. The SMILES string of the molecule is N#C/C(N=Nc1cccc2cccnc12)=N\Nc1cccc2cccnc12. The first-order valence-corrected chi connectivity index (χ1v) is 8.18. The number of azo groups is 1. The van der Waals surface area contributed by atoms with Crippen LogP contribution in [-0.4, -0.2) is 15.8 Å². The molecule has 0 spiro atoms. The summed E-state index contributed by atoms with van der Waals surface area (Å²) in [6.07, 6.45) is 3.39. The van der Waals surface area contributed by atoms with Gasteiger partial charge in [0.15, 0.2) is 0 Å². The Morgan fingerprint density at radius 3 is 2.30 bits per heavy atom. The second-order valence-corrected chi connectivity index (χ2v) is 5.59. The molecule has 0 saturated heterocycles. The number of nitrogens with zero attached hydrogens (tertiary/aromatic N) is 6. The maximum Gasteiger partial charge on any atom is 0.270 e. The molecule has 2 aromatic heterocycles. The molecule has 7 nitrogen and oxygen atoms in total. The molecule has 27 heavy (non-hydrogen) atoms. The summed E-state index contributed by atoms with van der Waals surface area (Å²) in [6.45, 7) is 0. The van der Waals surface area contributed by atoms with Gasteiger partial charge in [-0.05, 0) is 24.3 Å². The summed E-state index contributed by atoms with van der Waals surface area (Å²) in [5.41, 5.74) is 5.58. The van der Waals surface area contributed by atoms with Gasteiger partial charge in [-0.3, -0.25) is 15.4 Å². The van der Waals surface area contributed by atoms with Crippen molar-refractivity contribution in [1.29, 1.82) is 5.26 Å². The smallest absolute Gasteiger partial charge is 0.270 e. The Morgan fingerprint density at radius 2 is 1.52 bits per heavy atom. The molecule has 0 unspecified atom stereocenters. The average Bonchev–Trinajstić information content (AvgIpc) is 2.74. The monoisotopic (exact) mass is 351 g/mol. The van der Waals surface area contributed by atoms with Gasteiger partial charge < -0.3 is 0 Å². The number of fused-ring (bicyclic) bond motifs is 2. The number of hydrogen-bond acceptors (Lipinski definition) is 6. The third-order valence-corrected chi connectivity index (χ3v) is 3.88. The molecule has 0 bridgehead atoms. The number of hydrogen-bond donors (Lipinski definition) is 1. The van der Waals surface area contributed by atoms with E-state index in [9.17, 15) is 5.26 Å². The Morgan fingerprint density at radius 1 is 0.852 bits per heavy atom. The molecule has 2 heterocycles. The van der Waals surface area contributed by atoms with Crippen LogP contribution in [0.15, 0.2) is 88.4 Å². The van der Waals surface area contributed by atoms with Crippen molar-refractivity contribution < 1.29 is 0 Å². The maximum absolute atomic E-state index is 9.30. The molecule has 0 aliphatic rings. The molecule has 7 heteroatoms. The van der Waals surface area contributed by atoms with Crippen LogP contribution in [0.3, 0.4) is 0 Å². The molecule has 4 rings (SSSR count). The van der Waals surface area contributed by atoms with Crippen LogP contribution in [0.4, 0.5) is 11.4 Å². The zero-order chi connectivity index (χ0) is 18.5. The van der Waals surface area contributed by atoms with Crippen LogP contribution in [0.25, 0.3) is 21.8 Å². The highest BCUT2D eigenvalue weighted by Crippen LogP contribution is 2.24. The van der Waals surface area contributed by atoms with Gasteiger partial charge in [-0.25, -0.2) is 0 Å². The van der Waals surface area contributed by atoms with E-state index in [1.165, 1.54) is 0 Å². The summed E-state index contributed by atoms with van der Waals surface area (Å²) < 4.78 is 0.